The molecular weight excluding hydrogens is 535 g/mol. The van der Waals surface area contributed by atoms with E-state index in [4.69, 9.17) is 8.83 Å². The number of furan rings is 2. The summed E-state index contributed by atoms with van der Waals surface area (Å²) in [4.78, 5) is 4.26. The molecule has 208 valence electrons. The average Bonchev–Trinajstić information content (AvgIpc) is 3.58. The summed E-state index contributed by atoms with van der Waals surface area (Å²) >= 11 is 0. The molecular formula is C38H27FN2O2. The van der Waals surface area contributed by atoms with Gasteiger partial charge in [0.25, 0.3) is 0 Å². The number of para-hydroxylation sites is 1. The molecule has 8 rings (SSSR count). The fraction of sp³-hybridized carbons (Fsp3) is 0.0526. The standard InChI is InChI=1S/C38H27FN2O2/c1-24-8-18-35-33(20-24)34-21-29(15-19-36(34)42-35)41(27-6-4-3-5-7-27)30-14-17-32-31-16-13-28(22-37(31)43-38(32)23-30)40(2)26-11-9-25(39)10-12-26/h3-23H,1-2H3. The molecule has 0 aliphatic rings. The second-order valence-corrected chi connectivity index (χ2v) is 11.0. The molecule has 0 aliphatic heterocycles. The average molecular weight is 563 g/mol. The van der Waals surface area contributed by atoms with Gasteiger partial charge in [-0.3, -0.25) is 0 Å². The SMILES string of the molecule is Cc1ccc2oc3ccc(N(c4ccccc4)c4ccc5c(c4)oc4cc(N(C)c6ccc(F)cc6)ccc45)cc3c2c1. The highest BCUT2D eigenvalue weighted by Gasteiger charge is 2.18. The van der Waals surface area contributed by atoms with Crippen molar-refractivity contribution in [2.75, 3.05) is 16.8 Å². The zero-order chi connectivity index (χ0) is 29.1. The van der Waals surface area contributed by atoms with E-state index in [2.05, 4.69) is 96.8 Å². The smallest absolute Gasteiger partial charge is 0.137 e. The van der Waals surface area contributed by atoms with Crippen molar-refractivity contribution in [2.24, 2.45) is 0 Å². The lowest BCUT2D eigenvalue weighted by molar-refractivity contribution is 0.628. The summed E-state index contributed by atoms with van der Waals surface area (Å²) in [6.45, 7) is 2.10. The van der Waals surface area contributed by atoms with Crippen molar-refractivity contribution >= 4 is 72.3 Å². The first-order valence-corrected chi connectivity index (χ1v) is 14.3. The molecule has 0 saturated heterocycles. The quantitative estimate of drug-likeness (QED) is 0.209. The lowest BCUT2D eigenvalue weighted by atomic mass is 10.1. The molecule has 0 unspecified atom stereocenters. The first-order valence-electron chi connectivity index (χ1n) is 14.3. The van der Waals surface area contributed by atoms with E-state index >= 15 is 0 Å². The van der Waals surface area contributed by atoms with E-state index in [-0.39, 0.29) is 5.82 Å². The van der Waals surface area contributed by atoms with Gasteiger partial charge in [0.05, 0.1) is 0 Å². The lowest BCUT2D eigenvalue weighted by Gasteiger charge is -2.25. The summed E-state index contributed by atoms with van der Waals surface area (Å²) in [7, 11) is 1.97. The minimum atomic E-state index is -0.252. The summed E-state index contributed by atoms with van der Waals surface area (Å²) in [5.41, 5.74) is 9.48. The monoisotopic (exact) mass is 562 g/mol. The first kappa shape index (κ1) is 25.2. The van der Waals surface area contributed by atoms with Gasteiger partial charge < -0.3 is 18.6 Å². The van der Waals surface area contributed by atoms with Crippen LogP contribution in [0.3, 0.4) is 0 Å². The minimum Gasteiger partial charge on any atom is -0.456 e. The summed E-state index contributed by atoms with van der Waals surface area (Å²) < 4.78 is 26.1. The van der Waals surface area contributed by atoms with Crippen LogP contribution >= 0.6 is 0 Å². The van der Waals surface area contributed by atoms with Gasteiger partial charge in [0.2, 0.25) is 0 Å². The Morgan fingerprint density at radius 3 is 1.77 bits per heavy atom. The normalized spacial score (nSPS) is 11.6. The van der Waals surface area contributed by atoms with Gasteiger partial charge in [0.15, 0.2) is 0 Å². The van der Waals surface area contributed by atoms with Gasteiger partial charge in [-0.15, -0.1) is 0 Å². The fourth-order valence-electron chi connectivity index (χ4n) is 5.96. The second-order valence-electron chi connectivity index (χ2n) is 11.0. The molecule has 2 aromatic heterocycles. The lowest BCUT2D eigenvalue weighted by Crippen LogP contribution is -2.09. The molecule has 0 spiro atoms. The molecule has 43 heavy (non-hydrogen) atoms. The van der Waals surface area contributed by atoms with Crippen LogP contribution in [0.5, 0.6) is 0 Å². The third-order valence-electron chi connectivity index (χ3n) is 8.18. The number of hydrogen-bond donors (Lipinski definition) is 0. The number of fused-ring (bicyclic) bond motifs is 6. The highest BCUT2D eigenvalue weighted by atomic mass is 19.1. The van der Waals surface area contributed by atoms with E-state index in [0.29, 0.717) is 0 Å². The number of halogens is 1. The third kappa shape index (κ3) is 4.29. The number of benzene rings is 6. The van der Waals surface area contributed by atoms with Gasteiger partial charge in [0, 0.05) is 69.2 Å². The molecule has 0 N–H and O–H groups in total. The molecule has 0 fully saturated rings. The Morgan fingerprint density at radius 1 is 0.465 bits per heavy atom. The Morgan fingerprint density at radius 2 is 1.02 bits per heavy atom. The van der Waals surface area contributed by atoms with E-state index in [1.165, 1.54) is 17.7 Å². The van der Waals surface area contributed by atoms with E-state index in [0.717, 1.165) is 72.3 Å². The second kappa shape index (κ2) is 9.78. The Labute approximate surface area is 247 Å². The van der Waals surface area contributed by atoms with Gasteiger partial charge in [-0.05, 0) is 97.9 Å². The van der Waals surface area contributed by atoms with Crippen LogP contribution in [0.4, 0.5) is 32.8 Å². The largest absolute Gasteiger partial charge is 0.456 e. The maximum Gasteiger partial charge on any atom is 0.137 e. The van der Waals surface area contributed by atoms with Crippen LogP contribution in [-0.4, -0.2) is 7.05 Å². The minimum absolute atomic E-state index is 0.252. The van der Waals surface area contributed by atoms with Gasteiger partial charge in [0.1, 0.15) is 28.1 Å². The summed E-state index contributed by atoms with van der Waals surface area (Å²) in [6.07, 6.45) is 0. The highest BCUT2D eigenvalue weighted by Crippen LogP contribution is 2.41. The maximum atomic E-state index is 13.5. The zero-order valence-electron chi connectivity index (χ0n) is 23.7. The molecule has 0 amide bonds. The van der Waals surface area contributed by atoms with Crippen LogP contribution in [0.1, 0.15) is 5.56 Å². The van der Waals surface area contributed by atoms with Crippen LogP contribution in [0.2, 0.25) is 0 Å². The van der Waals surface area contributed by atoms with Crippen molar-refractivity contribution in [1.29, 1.82) is 0 Å². The molecule has 0 atom stereocenters. The Kier molecular flexibility index (Phi) is 5.73. The molecule has 0 saturated carbocycles. The van der Waals surface area contributed by atoms with E-state index in [1.54, 1.807) is 12.1 Å². The molecule has 0 bridgehead atoms. The topological polar surface area (TPSA) is 32.8 Å². The molecule has 0 aliphatic carbocycles. The molecule has 5 heteroatoms. The van der Waals surface area contributed by atoms with Crippen LogP contribution in [0, 0.1) is 12.7 Å². The maximum absolute atomic E-state index is 13.5. The van der Waals surface area contributed by atoms with Crippen molar-refractivity contribution in [2.45, 2.75) is 6.92 Å². The van der Waals surface area contributed by atoms with Crippen molar-refractivity contribution in [1.82, 2.24) is 0 Å². The van der Waals surface area contributed by atoms with Gasteiger partial charge in [-0.2, -0.15) is 0 Å². The fourth-order valence-corrected chi connectivity index (χ4v) is 5.96. The van der Waals surface area contributed by atoms with Crippen molar-refractivity contribution < 1.29 is 13.2 Å². The number of rotatable bonds is 5. The van der Waals surface area contributed by atoms with Crippen molar-refractivity contribution in [3.63, 3.8) is 0 Å². The molecule has 0 radical (unpaired) electrons. The molecule has 6 aromatic carbocycles. The summed E-state index contributed by atoms with van der Waals surface area (Å²) in [5.74, 6) is -0.252. The Bertz CT molecular complexity index is 2280. The number of hydrogen-bond acceptors (Lipinski definition) is 4. The Hall–Kier alpha value is -5.55. The van der Waals surface area contributed by atoms with E-state index in [9.17, 15) is 4.39 Å². The molecule has 2 heterocycles. The number of aryl methyl sites for hydroxylation is 1. The summed E-state index contributed by atoms with van der Waals surface area (Å²) in [6, 6.07) is 42.1. The van der Waals surface area contributed by atoms with Crippen LogP contribution in [0.25, 0.3) is 43.9 Å². The predicted molar refractivity (Wildman–Crippen MR) is 175 cm³/mol. The number of anilines is 5. The first-order chi connectivity index (χ1) is 21.0. The van der Waals surface area contributed by atoms with Gasteiger partial charge in [-0.25, -0.2) is 4.39 Å². The molecule has 8 aromatic rings. The van der Waals surface area contributed by atoms with E-state index < -0.39 is 0 Å². The van der Waals surface area contributed by atoms with Crippen LogP contribution < -0.4 is 9.80 Å². The number of nitrogens with zero attached hydrogens (tertiary/aromatic N) is 2. The van der Waals surface area contributed by atoms with Crippen LogP contribution in [-0.2, 0) is 0 Å². The predicted octanol–water partition coefficient (Wildman–Crippen LogP) is 11.2. The van der Waals surface area contributed by atoms with Gasteiger partial charge >= 0.3 is 0 Å². The van der Waals surface area contributed by atoms with Crippen LogP contribution in [0.15, 0.2) is 136 Å². The highest BCUT2D eigenvalue weighted by molar-refractivity contribution is 6.08. The van der Waals surface area contributed by atoms with Gasteiger partial charge in [-0.1, -0.05) is 29.8 Å². The van der Waals surface area contributed by atoms with E-state index in [1.807, 2.05) is 30.1 Å². The van der Waals surface area contributed by atoms with Crippen molar-refractivity contribution in [3.05, 3.63) is 139 Å². The third-order valence-corrected chi connectivity index (χ3v) is 8.18. The van der Waals surface area contributed by atoms with Crippen molar-refractivity contribution in [3.8, 4) is 0 Å². The zero-order valence-corrected chi connectivity index (χ0v) is 23.7. The molecule has 4 nitrogen and oxygen atoms in total. The summed E-state index contributed by atoms with van der Waals surface area (Å²) in [5, 5.41) is 4.29. The Balaban J connectivity index is 1.25.